The molecule has 1 aromatic heterocycles. The van der Waals surface area contributed by atoms with Crippen molar-refractivity contribution in [2.24, 2.45) is 5.92 Å². The van der Waals surface area contributed by atoms with Crippen LogP contribution in [0, 0.1) is 5.92 Å². The molecule has 1 heterocycles. The van der Waals surface area contributed by atoms with Crippen molar-refractivity contribution in [3.05, 3.63) is 35.5 Å². The number of benzene rings is 1. The minimum Gasteiger partial charge on any atom is -0.494 e. The highest BCUT2D eigenvalue weighted by Crippen LogP contribution is 2.35. The molecule has 0 aliphatic heterocycles. The molecule has 2 fully saturated rings. The number of hydrogen-bond acceptors (Lipinski definition) is 5. The van der Waals surface area contributed by atoms with Crippen molar-refractivity contribution in [2.45, 2.75) is 76.2 Å². The normalized spacial score (nSPS) is 22.5. The summed E-state index contributed by atoms with van der Waals surface area (Å²) in [6.07, 6.45) is 11.8. The van der Waals surface area contributed by atoms with Crippen LogP contribution in [0.2, 0.25) is 0 Å². The molecule has 1 aromatic carbocycles. The Morgan fingerprint density at radius 1 is 1.03 bits per heavy atom. The fourth-order valence-electron chi connectivity index (χ4n) is 4.77. The lowest BCUT2D eigenvalue weighted by Gasteiger charge is -2.28. The molecule has 2 aliphatic carbocycles. The van der Waals surface area contributed by atoms with Crippen molar-refractivity contribution in [1.82, 2.24) is 15.4 Å². The van der Waals surface area contributed by atoms with Crippen LogP contribution in [0.25, 0.3) is 0 Å². The summed E-state index contributed by atoms with van der Waals surface area (Å²) in [5, 5.41) is 18.8. The van der Waals surface area contributed by atoms with Gasteiger partial charge in [0.2, 0.25) is 5.69 Å². The molecule has 7 nitrogen and oxygen atoms in total. The molecule has 30 heavy (non-hydrogen) atoms. The first-order valence-electron chi connectivity index (χ1n) is 11.2. The fraction of sp³-hybridized carbons (Fsp3) is 0.609. The number of aromatic carboxylic acids is 1. The number of carboxylic acid groups (broad SMARTS) is 1. The lowest BCUT2D eigenvalue weighted by atomic mass is 9.83. The van der Waals surface area contributed by atoms with Gasteiger partial charge in [0, 0.05) is 0 Å². The average molecular weight is 414 g/mol. The van der Waals surface area contributed by atoms with Gasteiger partial charge < -0.3 is 14.6 Å². The monoisotopic (exact) mass is 413 g/mol. The number of aromatic amines is 1. The van der Waals surface area contributed by atoms with Crippen LogP contribution in [-0.4, -0.2) is 39.2 Å². The molecule has 2 N–H and O–H groups in total. The molecule has 0 amide bonds. The zero-order valence-corrected chi connectivity index (χ0v) is 17.4. The first-order valence-corrected chi connectivity index (χ1v) is 11.2. The third kappa shape index (κ3) is 5.32. The predicted octanol–water partition coefficient (Wildman–Crippen LogP) is 4.96. The number of carbonyl (C=O) groups is 1. The largest absolute Gasteiger partial charge is 0.494 e. The molecule has 2 aromatic rings. The lowest BCUT2D eigenvalue weighted by molar-refractivity contribution is 0.0677. The molecule has 0 saturated heterocycles. The summed E-state index contributed by atoms with van der Waals surface area (Å²) in [5.74, 6) is 1.28. The van der Waals surface area contributed by atoms with Crippen LogP contribution in [0.15, 0.2) is 24.3 Å². The third-order valence-electron chi connectivity index (χ3n) is 6.55. The van der Waals surface area contributed by atoms with E-state index in [4.69, 9.17) is 14.6 Å². The summed E-state index contributed by atoms with van der Waals surface area (Å²) in [7, 11) is 0. The molecule has 0 spiro atoms. The molecule has 2 aliphatic rings. The number of hydrogen-bond donors (Lipinski definition) is 2. The van der Waals surface area contributed by atoms with E-state index in [1.807, 2.05) is 0 Å². The van der Waals surface area contributed by atoms with Gasteiger partial charge in [-0.25, -0.2) is 9.89 Å². The third-order valence-corrected chi connectivity index (χ3v) is 6.55. The Morgan fingerprint density at radius 2 is 1.77 bits per heavy atom. The Kier molecular flexibility index (Phi) is 6.87. The second-order valence-electron chi connectivity index (χ2n) is 8.60. The zero-order valence-electron chi connectivity index (χ0n) is 17.4. The highest BCUT2D eigenvalue weighted by molar-refractivity contribution is 5.87. The molecule has 4 rings (SSSR count). The molecule has 2 saturated carbocycles. The summed E-state index contributed by atoms with van der Waals surface area (Å²) in [6, 6.07) is 8.55. The number of H-pyrrole nitrogens is 1. The quantitative estimate of drug-likeness (QED) is 0.635. The Hall–Kier alpha value is -2.57. The minimum absolute atomic E-state index is 0.0214. The van der Waals surface area contributed by atoms with Gasteiger partial charge in [0.05, 0.1) is 6.61 Å². The van der Waals surface area contributed by atoms with Gasteiger partial charge in [-0.15, -0.1) is 0 Å². The van der Waals surface area contributed by atoms with E-state index in [0.29, 0.717) is 5.92 Å². The summed E-state index contributed by atoms with van der Waals surface area (Å²) in [6.45, 7) is 0.812. The van der Waals surface area contributed by atoms with E-state index >= 15 is 0 Å². The molecule has 162 valence electrons. The number of rotatable bonds is 8. The average Bonchev–Trinajstić information content (AvgIpc) is 3.24. The number of ether oxygens (including phenoxy) is 2. The van der Waals surface area contributed by atoms with Gasteiger partial charge in [-0.05, 0) is 61.6 Å². The van der Waals surface area contributed by atoms with Gasteiger partial charge in [-0.3, -0.25) is 0 Å². The SMILES string of the molecule is O=C(O)c1[nH]nnc1OC1CCC(c2ccc(OCCC3CCCCC3)cc2)CC1. The summed E-state index contributed by atoms with van der Waals surface area (Å²) in [4.78, 5) is 11.1. The fourth-order valence-corrected chi connectivity index (χ4v) is 4.77. The van der Waals surface area contributed by atoms with E-state index < -0.39 is 5.97 Å². The maximum Gasteiger partial charge on any atom is 0.359 e. The van der Waals surface area contributed by atoms with Gasteiger partial charge in [0.25, 0.3) is 5.88 Å². The molecular weight excluding hydrogens is 382 g/mol. The molecule has 0 bridgehead atoms. The standard InChI is InChI=1S/C23H31N3O4/c27-23(28)21-22(25-26-24-21)30-20-12-8-18(9-13-20)17-6-10-19(11-7-17)29-15-14-16-4-2-1-3-5-16/h6-7,10-11,16,18,20H,1-5,8-9,12-15H2,(H,27,28)(H,24,25,26). The van der Waals surface area contributed by atoms with E-state index in [1.165, 1.54) is 44.1 Å². The molecule has 7 heteroatoms. The number of aromatic nitrogens is 3. The van der Waals surface area contributed by atoms with Crippen molar-refractivity contribution >= 4 is 5.97 Å². The van der Waals surface area contributed by atoms with Crippen LogP contribution < -0.4 is 9.47 Å². The van der Waals surface area contributed by atoms with Crippen LogP contribution in [0.5, 0.6) is 11.6 Å². The van der Waals surface area contributed by atoms with Crippen LogP contribution >= 0.6 is 0 Å². The maximum atomic E-state index is 11.1. The Bertz CT molecular complexity index is 806. The van der Waals surface area contributed by atoms with E-state index in [9.17, 15) is 4.79 Å². The van der Waals surface area contributed by atoms with Crippen molar-refractivity contribution in [3.63, 3.8) is 0 Å². The van der Waals surface area contributed by atoms with Gasteiger partial charge in [0.15, 0.2) is 0 Å². The highest BCUT2D eigenvalue weighted by atomic mass is 16.5. The second kappa shape index (κ2) is 9.96. The van der Waals surface area contributed by atoms with Gasteiger partial charge in [-0.1, -0.05) is 54.5 Å². The van der Waals surface area contributed by atoms with Crippen molar-refractivity contribution in [1.29, 1.82) is 0 Å². The smallest absolute Gasteiger partial charge is 0.359 e. The van der Waals surface area contributed by atoms with Crippen molar-refractivity contribution in [3.8, 4) is 11.6 Å². The van der Waals surface area contributed by atoms with Crippen LogP contribution in [0.3, 0.4) is 0 Å². The highest BCUT2D eigenvalue weighted by Gasteiger charge is 2.26. The first kappa shape index (κ1) is 20.7. The van der Waals surface area contributed by atoms with E-state index in [2.05, 4.69) is 39.7 Å². The Morgan fingerprint density at radius 3 is 2.47 bits per heavy atom. The molecule has 0 unspecified atom stereocenters. The van der Waals surface area contributed by atoms with Crippen LogP contribution in [-0.2, 0) is 0 Å². The van der Waals surface area contributed by atoms with E-state index in [0.717, 1.165) is 44.0 Å². The molecule has 0 atom stereocenters. The zero-order chi connectivity index (χ0) is 20.8. The topological polar surface area (TPSA) is 97.3 Å². The van der Waals surface area contributed by atoms with E-state index in [-0.39, 0.29) is 17.7 Å². The van der Waals surface area contributed by atoms with Gasteiger partial charge >= 0.3 is 5.97 Å². The van der Waals surface area contributed by atoms with Crippen molar-refractivity contribution < 1.29 is 19.4 Å². The minimum atomic E-state index is -1.11. The summed E-state index contributed by atoms with van der Waals surface area (Å²) >= 11 is 0. The summed E-state index contributed by atoms with van der Waals surface area (Å²) < 4.78 is 11.8. The number of nitrogens with zero attached hydrogens (tertiary/aromatic N) is 2. The number of carboxylic acids is 1. The predicted molar refractivity (Wildman–Crippen MR) is 112 cm³/mol. The molecular formula is C23H31N3O4. The Labute approximate surface area is 177 Å². The lowest BCUT2D eigenvalue weighted by Crippen LogP contribution is -2.24. The van der Waals surface area contributed by atoms with Crippen molar-refractivity contribution in [2.75, 3.05) is 6.61 Å². The van der Waals surface area contributed by atoms with Crippen LogP contribution in [0.4, 0.5) is 0 Å². The summed E-state index contributed by atoms with van der Waals surface area (Å²) in [5.41, 5.74) is 1.25. The maximum absolute atomic E-state index is 11.1. The van der Waals surface area contributed by atoms with E-state index in [1.54, 1.807) is 0 Å². The Balaban J connectivity index is 1.21. The van der Waals surface area contributed by atoms with Crippen LogP contribution in [0.1, 0.15) is 86.2 Å². The first-order chi connectivity index (χ1) is 14.7. The second-order valence-corrected chi connectivity index (χ2v) is 8.60. The number of nitrogens with one attached hydrogen (secondary N) is 1. The molecule has 0 radical (unpaired) electrons. The van der Waals surface area contributed by atoms with Gasteiger partial charge in [-0.2, -0.15) is 0 Å². The van der Waals surface area contributed by atoms with Gasteiger partial charge in [0.1, 0.15) is 11.9 Å².